The molecule has 100 valence electrons. The highest BCUT2D eigenvalue weighted by molar-refractivity contribution is 5.79. The molecular formula is C16H18O3. The largest absolute Gasteiger partial charge is 0.457 e. The van der Waals surface area contributed by atoms with Crippen molar-refractivity contribution in [3.63, 3.8) is 0 Å². The second kappa shape index (κ2) is 4.12. The maximum atomic E-state index is 11.2. The summed E-state index contributed by atoms with van der Waals surface area (Å²) in [4.78, 5) is 11.2. The fourth-order valence-corrected chi connectivity index (χ4v) is 2.40. The van der Waals surface area contributed by atoms with Crippen LogP contribution in [0.25, 0.3) is 11.0 Å². The molecule has 1 aromatic carbocycles. The summed E-state index contributed by atoms with van der Waals surface area (Å²) in [5.41, 5.74) is 2.20. The molecule has 1 fully saturated rings. The zero-order valence-electron chi connectivity index (χ0n) is 11.5. The van der Waals surface area contributed by atoms with Crippen LogP contribution in [0, 0.1) is 0 Å². The lowest BCUT2D eigenvalue weighted by Gasteiger charge is -2.18. The summed E-state index contributed by atoms with van der Waals surface area (Å²) >= 11 is 0. The van der Waals surface area contributed by atoms with Crippen LogP contribution in [0.15, 0.2) is 28.7 Å². The van der Waals surface area contributed by atoms with Gasteiger partial charge in [-0.05, 0) is 23.1 Å². The number of cyclic esters (lactones) is 1. The first-order valence-electron chi connectivity index (χ1n) is 6.67. The van der Waals surface area contributed by atoms with Crippen LogP contribution in [0.4, 0.5) is 0 Å². The highest BCUT2D eigenvalue weighted by Crippen LogP contribution is 2.34. The summed E-state index contributed by atoms with van der Waals surface area (Å²) in [6, 6.07) is 8.25. The molecule has 1 unspecified atom stereocenters. The van der Waals surface area contributed by atoms with Crippen LogP contribution in [-0.4, -0.2) is 5.97 Å². The second-order valence-electron chi connectivity index (χ2n) is 6.17. The van der Waals surface area contributed by atoms with E-state index in [1.165, 1.54) is 5.56 Å². The van der Waals surface area contributed by atoms with Crippen LogP contribution in [-0.2, 0) is 14.9 Å². The number of fused-ring (bicyclic) bond motifs is 1. The van der Waals surface area contributed by atoms with Crippen molar-refractivity contribution in [3.05, 3.63) is 35.6 Å². The van der Waals surface area contributed by atoms with Gasteiger partial charge < -0.3 is 9.15 Å². The molecule has 1 atom stereocenters. The number of carbonyl (C=O) groups excluding carboxylic acids is 1. The van der Waals surface area contributed by atoms with Crippen molar-refractivity contribution >= 4 is 16.9 Å². The minimum Gasteiger partial charge on any atom is -0.457 e. The van der Waals surface area contributed by atoms with Crippen molar-refractivity contribution < 1.29 is 13.9 Å². The lowest BCUT2D eigenvalue weighted by molar-refractivity contribution is -0.142. The Labute approximate surface area is 112 Å². The smallest absolute Gasteiger partial charge is 0.306 e. The molecule has 3 nitrogen and oxygen atoms in total. The van der Waals surface area contributed by atoms with E-state index >= 15 is 0 Å². The number of ether oxygens (including phenoxy) is 1. The van der Waals surface area contributed by atoms with Crippen molar-refractivity contribution in [3.8, 4) is 0 Å². The highest BCUT2D eigenvalue weighted by Gasteiger charge is 2.28. The first-order valence-corrected chi connectivity index (χ1v) is 6.67. The monoisotopic (exact) mass is 258 g/mol. The Morgan fingerprint density at radius 2 is 2.00 bits per heavy atom. The van der Waals surface area contributed by atoms with E-state index in [0.29, 0.717) is 12.8 Å². The molecule has 2 heterocycles. The van der Waals surface area contributed by atoms with Gasteiger partial charge in [0.2, 0.25) is 0 Å². The maximum Gasteiger partial charge on any atom is 0.306 e. The molecule has 0 N–H and O–H groups in total. The molecule has 3 heteroatoms. The van der Waals surface area contributed by atoms with Gasteiger partial charge in [-0.15, -0.1) is 0 Å². The van der Waals surface area contributed by atoms with E-state index in [9.17, 15) is 4.79 Å². The number of esters is 1. The van der Waals surface area contributed by atoms with E-state index in [-0.39, 0.29) is 17.5 Å². The summed E-state index contributed by atoms with van der Waals surface area (Å²) in [7, 11) is 0. The van der Waals surface area contributed by atoms with Crippen LogP contribution in [0.3, 0.4) is 0 Å². The number of furan rings is 1. The van der Waals surface area contributed by atoms with Crippen molar-refractivity contribution in [2.75, 3.05) is 0 Å². The Morgan fingerprint density at radius 3 is 2.63 bits per heavy atom. The van der Waals surface area contributed by atoms with Gasteiger partial charge in [0.05, 0.1) is 0 Å². The molecule has 1 aliphatic rings. The fourth-order valence-electron chi connectivity index (χ4n) is 2.40. The van der Waals surface area contributed by atoms with Gasteiger partial charge >= 0.3 is 5.97 Å². The molecule has 3 rings (SSSR count). The van der Waals surface area contributed by atoms with Crippen molar-refractivity contribution in [2.24, 2.45) is 0 Å². The zero-order chi connectivity index (χ0) is 13.6. The molecule has 0 radical (unpaired) electrons. The number of benzene rings is 1. The van der Waals surface area contributed by atoms with E-state index in [4.69, 9.17) is 9.15 Å². The summed E-state index contributed by atoms with van der Waals surface area (Å²) in [6.07, 6.45) is 0.984. The number of carbonyl (C=O) groups is 1. The van der Waals surface area contributed by atoms with E-state index in [2.05, 4.69) is 39.0 Å². The number of rotatable bonds is 1. The predicted molar refractivity (Wildman–Crippen MR) is 73.0 cm³/mol. The number of hydrogen-bond acceptors (Lipinski definition) is 3. The normalized spacial score (nSPS) is 19.9. The summed E-state index contributed by atoms with van der Waals surface area (Å²) in [5.74, 6) is 0.618. The molecular weight excluding hydrogens is 240 g/mol. The molecule has 1 saturated heterocycles. The topological polar surface area (TPSA) is 39.4 Å². The molecule has 0 bridgehead atoms. The molecule has 0 aliphatic carbocycles. The van der Waals surface area contributed by atoms with Crippen LogP contribution in [0.2, 0.25) is 0 Å². The first kappa shape index (κ1) is 12.3. The van der Waals surface area contributed by atoms with Crippen molar-refractivity contribution in [2.45, 2.75) is 45.1 Å². The Balaban J connectivity index is 1.99. The minimum absolute atomic E-state index is 0.0982. The van der Waals surface area contributed by atoms with Crippen molar-refractivity contribution in [1.82, 2.24) is 0 Å². The predicted octanol–water partition coefficient (Wildman–Crippen LogP) is 4.11. The van der Waals surface area contributed by atoms with Crippen LogP contribution in [0.1, 0.15) is 51.0 Å². The quantitative estimate of drug-likeness (QED) is 0.723. The lowest BCUT2D eigenvalue weighted by atomic mass is 9.87. The van der Waals surface area contributed by atoms with Gasteiger partial charge in [-0.1, -0.05) is 32.9 Å². The first-order chi connectivity index (χ1) is 8.93. The van der Waals surface area contributed by atoms with Gasteiger partial charge in [-0.25, -0.2) is 0 Å². The van der Waals surface area contributed by atoms with E-state index in [1.54, 1.807) is 0 Å². The van der Waals surface area contributed by atoms with Gasteiger partial charge in [0, 0.05) is 18.2 Å². The summed E-state index contributed by atoms with van der Waals surface area (Å²) in [6.45, 7) is 6.53. The second-order valence-corrected chi connectivity index (χ2v) is 6.17. The van der Waals surface area contributed by atoms with E-state index in [1.807, 2.05) is 6.07 Å². The SMILES string of the molecule is CC(C)(C)c1ccc2cc(C3CCC(=O)O3)oc2c1. The third-order valence-corrected chi connectivity index (χ3v) is 3.61. The average molecular weight is 258 g/mol. The molecule has 0 saturated carbocycles. The maximum absolute atomic E-state index is 11.2. The fraction of sp³-hybridized carbons (Fsp3) is 0.438. The van der Waals surface area contributed by atoms with Gasteiger partial charge in [0.25, 0.3) is 0 Å². The molecule has 0 amide bonds. The third-order valence-electron chi connectivity index (χ3n) is 3.61. The summed E-state index contributed by atoms with van der Waals surface area (Å²) < 4.78 is 11.1. The summed E-state index contributed by atoms with van der Waals surface area (Å²) in [5, 5.41) is 1.06. The molecule has 0 spiro atoms. The van der Waals surface area contributed by atoms with Gasteiger partial charge in [-0.2, -0.15) is 0 Å². The van der Waals surface area contributed by atoms with E-state index in [0.717, 1.165) is 16.7 Å². The average Bonchev–Trinajstić information content (AvgIpc) is 2.92. The number of hydrogen-bond donors (Lipinski definition) is 0. The zero-order valence-corrected chi connectivity index (χ0v) is 11.5. The van der Waals surface area contributed by atoms with Gasteiger partial charge in [0.1, 0.15) is 11.3 Å². The molecule has 19 heavy (non-hydrogen) atoms. The van der Waals surface area contributed by atoms with Gasteiger partial charge in [0.15, 0.2) is 6.10 Å². The van der Waals surface area contributed by atoms with Crippen LogP contribution < -0.4 is 0 Å². The Kier molecular flexibility index (Phi) is 2.66. The molecule has 2 aromatic rings. The molecule has 1 aromatic heterocycles. The Bertz CT molecular complexity index is 631. The van der Waals surface area contributed by atoms with Crippen LogP contribution >= 0.6 is 0 Å². The lowest BCUT2D eigenvalue weighted by Crippen LogP contribution is -2.10. The standard InChI is InChI=1S/C16H18O3/c1-16(2,3)11-5-4-10-8-14(18-13(10)9-11)12-6-7-15(17)19-12/h4-5,8-9,12H,6-7H2,1-3H3. The Hall–Kier alpha value is -1.77. The molecule has 1 aliphatic heterocycles. The van der Waals surface area contributed by atoms with Gasteiger partial charge in [-0.3, -0.25) is 4.79 Å². The third kappa shape index (κ3) is 2.25. The van der Waals surface area contributed by atoms with Crippen molar-refractivity contribution in [1.29, 1.82) is 0 Å². The van der Waals surface area contributed by atoms with E-state index < -0.39 is 0 Å². The van der Waals surface area contributed by atoms with Crippen LogP contribution in [0.5, 0.6) is 0 Å². The Morgan fingerprint density at radius 1 is 1.21 bits per heavy atom. The highest BCUT2D eigenvalue weighted by atomic mass is 16.6. The minimum atomic E-state index is -0.210.